The van der Waals surface area contributed by atoms with Gasteiger partial charge in [0.2, 0.25) is 0 Å². The van der Waals surface area contributed by atoms with Crippen LogP contribution in [0.3, 0.4) is 0 Å². The molecule has 4 heteroatoms. The molecule has 2 heterocycles. The van der Waals surface area contributed by atoms with E-state index in [0.29, 0.717) is 5.76 Å². The summed E-state index contributed by atoms with van der Waals surface area (Å²) in [6.45, 7) is 0. The molecule has 2 aromatic carbocycles. The van der Waals surface area contributed by atoms with Gasteiger partial charge in [0.05, 0.1) is 17.3 Å². The number of hydrogen-bond acceptors (Lipinski definition) is 3. The fourth-order valence-corrected chi connectivity index (χ4v) is 2.46. The molecule has 0 aliphatic heterocycles. The van der Waals surface area contributed by atoms with Crippen molar-refractivity contribution in [2.45, 2.75) is 0 Å². The topological polar surface area (TPSA) is 51.2 Å². The minimum absolute atomic E-state index is 0.239. The van der Waals surface area contributed by atoms with E-state index in [2.05, 4.69) is 4.98 Å². The van der Waals surface area contributed by atoms with Crippen molar-refractivity contribution in [1.82, 2.24) is 9.55 Å². The quantitative estimate of drug-likeness (QED) is 0.602. The first kappa shape index (κ1) is 11.8. The highest BCUT2D eigenvalue weighted by Crippen LogP contribution is 2.29. The van der Waals surface area contributed by atoms with E-state index in [4.69, 9.17) is 4.42 Å². The zero-order valence-electron chi connectivity index (χ0n) is 11.1. The molecule has 102 valence electrons. The molecule has 0 amide bonds. The number of benzene rings is 2. The zero-order valence-corrected chi connectivity index (χ0v) is 11.1. The first-order valence-electron chi connectivity index (χ1n) is 6.64. The number of fused-ring (bicyclic) bond motifs is 1. The van der Waals surface area contributed by atoms with Gasteiger partial charge in [0.25, 0.3) is 0 Å². The molecule has 0 bridgehead atoms. The molecule has 0 unspecified atom stereocenters. The second kappa shape index (κ2) is 4.52. The number of imidazole rings is 1. The van der Waals surface area contributed by atoms with Gasteiger partial charge >= 0.3 is 0 Å². The summed E-state index contributed by atoms with van der Waals surface area (Å²) < 4.78 is 7.52. The standard InChI is InChI=1S/C17H12N2O2/c20-13-9-7-12(8-10-13)19-15-5-2-1-4-14(15)18-17(19)16-6-3-11-21-16/h1-11,20H. The molecule has 21 heavy (non-hydrogen) atoms. The smallest absolute Gasteiger partial charge is 0.181 e. The maximum Gasteiger partial charge on any atom is 0.181 e. The lowest BCUT2D eigenvalue weighted by molar-refractivity contribution is 0.475. The Morgan fingerprint density at radius 2 is 1.71 bits per heavy atom. The van der Waals surface area contributed by atoms with Crippen molar-refractivity contribution in [3.05, 3.63) is 66.9 Å². The highest BCUT2D eigenvalue weighted by molar-refractivity contribution is 5.82. The highest BCUT2D eigenvalue weighted by atomic mass is 16.3. The Labute approximate surface area is 120 Å². The van der Waals surface area contributed by atoms with Crippen LogP contribution in [0.2, 0.25) is 0 Å². The summed E-state index contributed by atoms with van der Waals surface area (Å²) in [6.07, 6.45) is 1.63. The number of furan rings is 1. The number of para-hydroxylation sites is 2. The van der Waals surface area contributed by atoms with Crippen LogP contribution in [-0.4, -0.2) is 14.7 Å². The van der Waals surface area contributed by atoms with E-state index in [1.54, 1.807) is 18.4 Å². The number of aromatic nitrogens is 2. The third-order valence-electron chi connectivity index (χ3n) is 3.41. The van der Waals surface area contributed by atoms with E-state index in [9.17, 15) is 5.11 Å². The van der Waals surface area contributed by atoms with Crippen molar-refractivity contribution in [2.24, 2.45) is 0 Å². The largest absolute Gasteiger partial charge is 0.508 e. The van der Waals surface area contributed by atoms with E-state index in [-0.39, 0.29) is 5.75 Å². The van der Waals surface area contributed by atoms with Crippen LogP contribution in [0, 0.1) is 0 Å². The molecular formula is C17H12N2O2. The third-order valence-corrected chi connectivity index (χ3v) is 3.41. The maximum absolute atomic E-state index is 9.48. The van der Waals surface area contributed by atoms with Crippen LogP contribution < -0.4 is 0 Å². The van der Waals surface area contributed by atoms with Gasteiger partial charge in [-0.15, -0.1) is 0 Å². The zero-order chi connectivity index (χ0) is 14.2. The number of phenols is 1. The van der Waals surface area contributed by atoms with Gasteiger partial charge in [-0.3, -0.25) is 4.57 Å². The van der Waals surface area contributed by atoms with Crippen LogP contribution in [0.4, 0.5) is 0 Å². The molecule has 0 saturated carbocycles. The van der Waals surface area contributed by atoms with Crippen LogP contribution in [0.15, 0.2) is 71.3 Å². The summed E-state index contributed by atoms with van der Waals surface area (Å²) in [4.78, 5) is 4.66. The van der Waals surface area contributed by atoms with Crippen LogP contribution in [0.25, 0.3) is 28.3 Å². The molecule has 2 aromatic heterocycles. The summed E-state index contributed by atoms with van der Waals surface area (Å²) in [7, 11) is 0. The van der Waals surface area contributed by atoms with Crippen molar-refractivity contribution in [2.75, 3.05) is 0 Å². The Balaban J connectivity index is 2.05. The fourth-order valence-electron chi connectivity index (χ4n) is 2.46. The average molecular weight is 276 g/mol. The molecule has 1 N–H and O–H groups in total. The SMILES string of the molecule is Oc1ccc(-n2c(-c3ccco3)nc3ccccc32)cc1. The molecule has 0 radical (unpaired) electrons. The van der Waals surface area contributed by atoms with Crippen molar-refractivity contribution >= 4 is 11.0 Å². The Kier molecular flexibility index (Phi) is 2.54. The molecule has 0 spiro atoms. The van der Waals surface area contributed by atoms with Gasteiger partial charge in [-0.2, -0.15) is 0 Å². The van der Waals surface area contributed by atoms with Crippen LogP contribution in [0.5, 0.6) is 5.75 Å². The van der Waals surface area contributed by atoms with E-state index < -0.39 is 0 Å². The molecular weight excluding hydrogens is 264 g/mol. The Morgan fingerprint density at radius 1 is 0.905 bits per heavy atom. The molecule has 0 fully saturated rings. The number of nitrogens with zero attached hydrogens (tertiary/aromatic N) is 2. The molecule has 0 aliphatic carbocycles. The first-order chi connectivity index (χ1) is 10.3. The van der Waals surface area contributed by atoms with Crippen molar-refractivity contribution in [1.29, 1.82) is 0 Å². The predicted octanol–water partition coefficient (Wildman–Crippen LogP) is 3.99. The second-order valence-electron chi connectivity index (χ2n) is 4.75. The minimum Gasteiger partial charge on any atom is -0.508 e. The normalized spacial score (nSPS) is 11.0. The molecule has 4 nitrogen and oxygen atoms in total. The van der Waals surface area contributed by atoms with Crippen LogP contribution in [0.1, 0.15) is 0 Å². The van der Waals surface area contributed by atoms with Gasteiger partial charge in [-0.05, 0) is 48.5 Å². The number of rotatable bonds is 2. The van der Waals surface area contributed by atoms with Gasteiger partial charge < -0.3 is 9.52 Å². The summed E-state index contributed by atoms with van der Waals surface area (Å²) >= 11 is 0. The average Bonchev–Trinajstić information content (AvgIpc) is 3.15. The summed E-state index contributed by atoms with van der Waals surface area (Å²) in [5.74, 6) is 1.69. The van der Waals surface area contributed by atoms with Gasteiger partial charge in [-0.1, -0.05) is 12.1 Å². The Bertz CT molecular complexity index is 890. The van der Waals surface area contributed by atoms with Crippen LogP contribution in [-0.2, 0) is 0 Å². The van der Waals surface area contributed by atoms with E-state index in [0.717, 1.165) is 22.5 Å². The molecule has 0 atom stereocenters. The van der Waals surface area contributed by atoms with Crippen molar-refractivity contribution in [3.8, 4) is 23.0 Å². The van der Waals surface area contributed by atoms with E-state index >= 15 is 0 Å². The lowest BCUT2D eigenvalue weighted by Gasteiger charge is -2.08. The van der Waals surface area contributed by atoms with Gasteiger partial charge in [-0.25, -0.2) is 4.98 Å². The Morgan fingerprint density at radius 3 is 2.48 bits per heavy atom. The van der Waals surface area contributed by atoms with Crippen molar-refractivity contribution in [3.63, 3.8) is 0 Å². The summed E-state index contributed by atoms with van der Waals surface area (Å²) in [5, 5.41) is 9.48. The van der Waals surface area contributed by atoms with Crippen LogP contribution >= 0.6 is 0 Å². The molecule has 0 saturated heterocycles. The first-order valence-corrected chi connectivity index (χ1v) is 6.64. The lowest BCUT2D eigenvalue weighted by Crippen LogP contribution is -1.96. The highest BCUT2D eigenvalue weighted by Gasteiger charge is 2.15. The monoisotopic (exact) mass is 276 g/mol. The third kappa shape index (κ3) is 1.89. The molecule has 4 aromatic rings. The maximum atomic E-state index is 9.48. The number of aromatic hydroxyl groups is 1. The number of phenolic OH excluding ortho intramolecular Hbond substituents is 1. The minimum atomic E-state index is 0.239. The summed E-state index contributed by atoms with van der Waals surface area (Å²) in [5.41, 5.74) is 2.82. The van der Waals surface area contributed by atoms with E-state index in [1.165, 1.54) is 0 Å². The fraction of sp³-hybridized carbons (Fsp3) is 0. The van der Waals surface area contributed by atoms with E-state index in [1.807, 2.05) is 53.1 Å². The predicted molar refractivity (Wildman–Crippen MR) is 80.4 cm³/mol. The Hall–Kier alpha value is -3.01. The van der Waals surface area contributed by atoms with Gasteiger partial charge in [0, 0.05) is 5.69 Å². The second-order valence-corrected chi connectivity index (χ2v) is 4.75. The van der Waals surface area contributed by atoms with Gasteiger partial charge in [0.1, 0.15) is 5.75 Å². The van der Waals surface area contributed by atoms with Gasteiger partial charge in [0.15, 0.2) is 11.6 Å². The van der Waals surface area contributed by atoms with Crippen molar-refractivity contribution < 1.29 is 9.52 Å². The molecule has 4 rings (SSSR count). The number of hydrogen-bond donors (Lipinski definition) is 1. The summed E-state index contributed by atoms with van der Waals surface area (Å²) in [6, 6.07) is 18.7. The lowest BCUT2D eigenvalue weighted by atomic mass is 10.2. The molecule has 0 aliphatic rings.